The van der Waals surface area contributed by atoms with Gasteiger partial charge in [0.25, 0.3) is 0 Å². The molecule has 1 fully saturated rings. The van der Waals surface area contributed by atoms with Gasteiger partial charge >= 0.3 is 0 Å². The lowest BCUT2D eigenvalue weighted by molar-refractivity contribution is 0.0664. The molecule has 0 aromatic carbocycles. The zero-order valence-electron chi connectivity index (χ0n) is 10.6. The molecule has 1 aromatic rings. The van der Waals surface area contributed by atoms with E-state index in [0.29, 0.717) is 5.92 Å². The molecule has 1 N–H and O–H groups in total. The Labute approximate surface area is 103 Å². The summed E-state index contributed by atoms with van der Waals surface area (Å²) in [5, 5.41) is 9.42. The molecule has 0 bridgehead atoms. The van der Waals surface area contributed by atoms with Crippen molar-refractivity contribution in [3.63, 3.8) is 0 Å². The fraction of sp³-hybridized carbons (Fsp3) is 0.643. The monoisotopic (exact) mass is 235 g/mol. The second kappa shape index (κ2) is 5.50. The Kier molecular flexibility index (Phi) is 4.00. The Morgan fingerprint density at radius 3 is 2.47 bits per heavy atom. The maximum atomic E-state index is 9.42. The first-order chi connectivity index (χ1) is 8.15. The number of hydrogen-bond donors (Lipinski definition) is 1. The summed E-state index contributed by atoms with van der Waals surface area (Å²) in [6.07, 6.45) is 5.49. The van der Waals surface area contributed by atoms with Crippen molar-refractivity contribution in [3.8, 4) is 5.75 Å². The number of rotatable bonds is 3. The molecule has 0 atom stereocenters. The van der Waals surface area contributed by atoms with E-state index in [1.54, 1.807) is 6.20 Å². The van der Waals surface area contributed by atoms with Crippen molar-refractivity contribution < 1.29 is 9.84 Å². The SMILES string of the molecule is CC(C)c1ccc(O[C@H]2CC[C@@H](O)CC2)cn1. The average Bonchev–Trinajstić information content (AvgIpc) is 2.33. The first-order valence-corrected chi connectivity index (χ1v) is 6.46. The van der Waals surface area contributed by atoms with Gasteiger partial charge in [0.1, 0.15) is 5.75 Å². The van der Waals surface area contributed by atoms with E-state index in [-0.39, 0.29) is 12.2 Å². The topological polar surface area (TPSA) is 42.4 Å². The van der Waals surface area contributed by atoms with Gasteiger partial charge in [-0.2, -0.15) is 0 Å². The van der Waals surface area contributed by atoms with Crippen molar-refractivity contribution in [2.24, 2.45) is 0 Å². The number of ether oxygens (including phenoxy) is 1. The van der Waals surface area contributed by atoms with Gasteiger partial charge in [-0.25, -0.2) is 0 Å². The minimum Gasteiger partial charge on any atom is -0.489 e. The Hall–Kier alpha value is -1.09. The third-order valence-electron chi connectivity index (χ3n) is 3.30. The fourth-order valence-electron chi connectivity index (χ4n) is 2.16. The summed E-state index contributed by atoms with van der Waals surface area (Å²) in [4.78, 5) is 4.38. The summed E-state index contributed by atoms with van der Waals surface area (Å²) < 4.78 is 5.86. The van der Waals surface area contributed by atoms with Crippen LogP contribution >= 0.6 is 0 Å². The van der Waals surface area contributed by atoms with Crippen LogP contribution in [0.15, 0.2) is 18.3 Å². The summed E-state index contributed by atoms with van der Waals surface area (Å²) in [5.41, 5.74) is 1.09. The Morgan fingerprint density at radius 2 is 1.94 bits per heavy atom. The van der Waals surface area contributed by atoms with Crippen LogP contribution < -0.4 is 4.74 Å². The molecule has 17 heavy (non-hydrogen) atoms. The van der Waals surface area contributed by atoms with E-state index >= 15 is 0 Å². The highest BCUT2D eigenvalue weighted by Crippen LogP contribution is 2.24. The van der Waals surface area contributed by atoms with Crippen LogP contribution in [0.3, 0.4) is 0 Å². The van der Waals surface area contributed by atoms with Gasteiger partial charge in [-0.05, 0) is 43.7 Å². The number of nitrogens with zero attached hydrogens (tertiary/aromatic N) is 1. The molecular weight excluding hydrogens is 214 g/mol. The Morgan fingerprint density at radius 1 is 1.24 bits per heavy atom. The first kappa shape index (κ1) is 12.4. The molecule has 3 heteroatoms. The largest absolute Gasteiger partial charge is 0.489 e. The third-order valence-corrected chi connectivity index (χ3v) is 3.30. The zero-order valence-corrected chi connectivity index (χ0v) is 10.6. The molecule has 1 aromatic heterocycles. The van der Waals surface area contributed by atoms with Gasteiger partial charge < -0.3 is 9.84 Å². The van der Waals surface area contributed by atoms with E-state index in [9.17, 15) is 5.11 Å². The van der Waals surface area contributed by atoms with Crippen LogP contribution in [-0.2, 0) is 0 Å². The van der Waals surface area contributed by atoms with Crippen molar-refractivity contribution in [2.75, 3.05) is 0 Å². The first-order valence-electron chi connectivity index (χ1n) is 6.46. The molecule has 3 nitrogen and oxygen atoms in total. The molecule has 94 valence electrons. The van der Waals surface area contributed by atoms with E-state index < -0.39 is 0 Å². The maximum absolute atomic E-state index is 9.42. The second-order valence-electron chi connectivity index (χ2n) is 5.12. The van der Waals surface area contributed by atoms with Crippen LogP contribution in [0.1, 0.15) is 51.1 Å². The number of aliphatic hydroxyl groups excluding tert-OH is 1. The molecule has 1 saturated carbocycles. The summed E-state index contributed by atoms with van der Waals surface area (Å²) in [6.45, 7) is 4.26. The van der Waals surface area contributed by atoms with Crippen LogP contribution in [0.5, 0.6) is 5.75 Å². The van der Waals surface area contributed by atoms with E-state index in [0.717, 1.165) is 37.1 Å². The molecule has 1 aliphatic carbocycles. The van der Waals surface area contributed by atoms with Crippen LogP contribution in [0.25, 0.3) is 0 Å². The molecule has 0 radical (unpaired) electrons. The Bertz CT molecular complexity index is 340. The lowest BCUT2D eigenvalue weighted by Crippen LogP contribution is -2.26. The van der Waals surface area contributed by atoms with Crippen molar-refractivity contribution >= 4 is 0 Å². The molecular formula is C14H21NO2. The lowest BCUT2D eigenvalue weighted by atomic mass is 9.95. The number of aromatic nitrogens is 1. The quantitative estimate of drug-likeness (QED) is 0.876. The van der Waals surface area contributed by atoms with Crippen molar-refractivity contribution in [1.29, 1.82) is 0 Å². The maximum Gasteiger partial charge on any atom is 0.138 e. The minimum absolute atomic E-state index is 0.128. The summed E-state index contributed by atoms with van der Waals surface area (Å²) in [7, 11) is 0. The predicted molar refractivity (Wildman–Crippen MR) is 67.2 cm³/mol. The minimum atomic E-state index is -0.128. The van der Waals surface area contributed by atoms with E-state index in [1.807, 2.05) is 12.1 Å². The van der Waals surface area contributed by atoms with Crippen molar-refractivity contribution in [3.05, 3.63) is 24.0 Å². The van der Waals surface area contributed by atoms with Gasteiger partial charge in [0, 0.05) is 5.69 Å². The predicted octanol–water partition coefficient (Wildman–Crippen LogP) is 2.89. The molecule has 0 spiro atoms. The summed E-state index contributed by atoms with van der Waals surface area (Å²) in [6, 6.07) is 4.02. The van der Waals surface area contributed by atoms with Gasteiger partial charge in [-0.3, -0.25) is 4.98 Å². The zero-order chi connectivity index (χ0) is 12.3. The number of hydrogen-bond acceptors (Lipinski definition) is 3. The van der Waals surface area contributed by atoms with Crippen LogP contribution in [0, 0.1) is 0 Å². The van der Waals surface area contributed by atoms with Gasteiger partial charge in [-0.1, -0.05) is 13.8 Å². The molecule has 0 amide bonds. The Balaban J connectivity index is 1.90. The molecule has 0 saturated heterocycles. The number of pyridine rings is 1. The van der Waals surface area contributed by atoms with E-state index in [1.165, 1.54) is 0 Å². The molecule has 1 heterocycles. The third kappa shape index (κ3) is 3.43. The van der Waals surface area contributed by atoms with Gasteiger partial charge in [-0.15, -0.1) is 0 Å². The summed E-state index contributed by atoms with van der Waals surface area (Å²) in [5.74, 6) is 1.30. The number of aliphatic hydroxyl groups is 1. The second-order valence-corrected chi connectivity index (χ2v) is 5.12. The highest BCUT2D eigenvalue weighted by molar-refractivity contribution is 5.21. The molecule has 2 rings (SSSR count). The molecule has 0 aliphatic heterocycles. The molecule has 1 aliphatic rings. The molecule has 0 unspecified atom stereocenters. The highest BCUT2D eigenvalue weighted by atomic mass is 16.5. The summed E-state index contributed by atoms with van der Waals surface area (Å²) >= 11 is 0. The van der Waals surface area contributed by atoms with Gasteiger partial charge in [0.05, 0.1) is 18.4 Å². The van der Waals surface area contributed by atoms with Gasteiger partial charge in [0.2, 0.25) is 0 Å². The van der Waals surface area contributed by atoms with Crippen molar-refractivity contribution in [1.82, 2.24) is 4.98 Å². The van der Waals surface area contributed by atoms with Crippen LogP contribution in [0.2, 0.25) is 0 Å². The van der Waals surface area contributed by atoms with Crippen LogP contribution in [0.4, 0.5) is 0 Å². The standard InChI is InChI=1S/C14H21NO2/c1-10(2)14-8-7-13(9-15-14)17-12-5-3-11(16)4-6-12/h7-12,16H,3-6H2,1-2H3/t11-,12+. The normalized spacial score (nSPS) is 24.9. The van der Waals surface area contributed by atoms with Crippen molar-refractivity contribution in [2.45, 2.75) is 57.7 Å². The highest BCUT2D eigenvalue weighted by Gasteiger charge is 2.20. The smallest absolute Gasteiger partial charge is 0.138 e. The van der Waals surface area contributed by atoms with Crippen LogP contribution in [-0.4, -0.2) is 22.3 Å². The van der Waals surface area contributed by atoms with Gasteiger partial charge in [0.15, 0.2) is 0 Å². The lowest BCUT2D eigenvalue weighted by Gasteiger charge is -2.26. The van der Waals surface area contributed by atoms with E-state index in [4.69, 9.17) is 4.74 Å². The fourth-order valence-corrected chi connectivity index (χ4v) is 2.16. The van der Waals surface area contributed by atoms with E-state index in [2.05, 4.69) is 18.8 Å². The average molecular weight is 235 g/mol.